The van der Waals surface area contributed by atoms with Crippen molar-refractivity contribution in [3.63, 3.8) is 0 Å². The number of hydrogen-bond donors (Lipinski definition) is 3. The molecule has 0 amide bonds. The smallest absolute Gasteiger partial charge is 0.380 e. The number of nitrogens with one attached hydrogen (secondary N) is 2. The van der Waals surface area contributed by atoms with E-state index in [2.05, 4.69) is 52.5 Å². The van der Waals surface area contributed by atoms with E-state index in [-0.39, 0.29) is 11.5 Å². The van der Waals surface area contributed by atoms with Crippen molar-refractivity contribution in [3.05, 3.63) is 52.2 Å². The maximum Gasteiger partial charge on any atom is 0.416 e. The summed E-state index contributed by atoms with van der Waals surface area (Å²) in [6.07, 6.45) is 6.94. The number of fused-ring (bicyclic) bond motifs is 1. The third kappa shape index (κ3) is 6.15. The molecule has 3 heterocycles. The number of thioether (sulfide) groups is 1. The van der Waals surface area contributed by atoms with Crippen LogP contribution in [0.1, 0.15) is 51.5 Å². The Labute approximate surface area is 222 Å². The second-order valence-electron chi connectivity index (χ2n) is 11.4. The fourth-order valence-corrected chi connectivity index (χ4v) is 6.91. The van der Waals surface area contributed by atoms with Crippen LogP contribution in [0.3, 0.4) is 0 Å². The van der Waals surface area contributed by atoms with E-state index in [9.17, 15) is 13.2 Å². The molecular formula is C28H38F3N5S. The topological polar surface area (TPSA) is 56.6 Å². The van der Waals surface area contributed by atoms with Crippen LogP contribution in [0.5, 0.6) is 0 Å². The first-order valence-corrected chi connectivity index (χ1v) is 14.2. The van der Waals surface area contributed by atoms with Crippen LogP contribution in [0.25, 0.3) is 0 Å². The molecule has 202 valence electrons. The van der Waals surface area contributed by atoms with E-state index in [1.807, 2.05) is 0 Å². The minimum Gasteiger partial charge on any atom is -0.380 e. The summed E-state index contributed by atoms with van der Waals surface area (Å²) in [5.41, 5.74) is 8.81. The summed E-state index contributed by atoms with van der Waals surface area (Å²) in [5.74, 6) is 0. The summed E-state index contributed by atoms with van der Waals surface area (Å²) < 4.78 is 41.6. The summed E-state index contributed by atoms with van der Waals surface area (Å²) in [4.78, 5) is 6.44. The lowest BCUT2D eigenvalue weighted by molar-refractivity contribution is -0.137. The summed E-state index contributed by atoms with van der Waals surface area (Å²) in [7, 11) is 0. The molecule has 0 unspecified atom stereocenters. The monoisotopic (exact) mass is 533 g/mol. The highest BCUT2D eigenvalue weighted by molar-refractivity contribution is 8.03. The number of halogens is 3. The van der Waals surface area contributed by atoms with Crippen LogP contribution in [-0.4, -0.2) is 55.1 Å². The van der Waals surface area contributed by atoms with Crippen molar-refractivity contribution < 1.29 is 13.2 Å². The Balaban J connectivity index is 1.37. The van der Waals surface area contributed by atoms with Gasteiger partial charge in [-0.1, -0.05) is 31.7 Å². The van der Waals surface area contributed by atoms with Crippen molar-refractivity contribution >= 4 is 23.1 Å². The van der Waals surface area contributed by atoms with Gasteiger partial charge in [-0.05, 0) is 55.4 Å². The quantitative estimate of drug-likeness (QED) is 0.417. The first-order valence-electron chi connectivity index (χ1n) is 13.4. The largest absolute Gasteiger partial charge is 0.416 e. The maximum absolute atomic E-state index is 13.9. The third-order valence-electron chi connectivity index (χ3n) is 7.80. The SMILES string of the molecule is CC1(C)CCCN(C2=CCC3=C(C=C2)Nc2c(NC4CCN(CCN)CC4)cc(C(F)(F)F)cc2S3)C1. The molecule has 0 aromatic heterocycles. The molecule has 0 spiro atoms. The van der Waals surface area contributed by atoms with Crippen molar-refractivity contribution in [3.8, 4) is 0 Å². The zero-order valence-corrected chi connectivity index (χ0v) is 22.6. The van der Waals surface area contributed by atoms with E-state index in [0.717, 1.165) is 61.9 Å². The standard InChI is InChI=1S/C28H38F3N5S/c1-27(2)10-3-12-36(18-27)21-4-6-22-24(7-5-21)37-25-17-19(28(29,30)31)16-23(26(25)34-22)33-20-8-13-35(14-9-20)15-11-32/h4-6,16-17,20,33-34H,3,7-15,18,32H2,1-2H3. The van der Waals surface area contributed by atoms with Crippen molar-refractivity contribution in [1.29, 1.82) is 0 Å². The molecule has 0 saturated carbocycles. The molecule has 4 aliphatic rings. The molecule has 1 aromatic carbocycles. The molecule has 2 saturated heterocycles. The molecule has 5 rings (SSSR count). The minimum atomic E-state index is -4.40. The van der Waals surface area contributed by atoms with Crippen LogP contribution < -0.4 is 16.4 Å². The number of hydrogen-bond acceptors (Lipinski definition) is 6. The number of benzene rings is 1. The third-order valence-corrected chi connectivity index (χ3v) is 8.97. The van der Waals surface area contributed by atoms with Gasteiger partial charge in [-0.3, -0.25) is 0 Å². The molecule has 9 heteroatoms. The number of nitrogens with zero attached hydrogens (tertiary/aromatic N) is 2. The normalized spacial score (nSPS) is 22.6. The van der Waals surface area contributed by atoms with E-state index in [1.54, 1.807) is 0 Å². The number of alkyl halides is 3. The van der Waals surface area contributed by atoms with Gasteiger partial charge in [0.15, 0.2) is 0 Å². The zero-order valence-electron chi connectivity index (χ0n) is 21.8. The number of rotatable bonds is 5. The van der Waals surface area contributed by atoms with Gasteiger partial charge in [0.2, 0.25) is 0 Å². The Morgan fingerprint density at radius 1 is 1.16 bits per heavy atom. The first kappa shape index (κ1) is 26.5. The molecule has 3 aliphatic heterocycles. The summed E-state index contributed by atoms with van der Waals surface area (Å²) in [6.45, 7) is 9.96. The van der Waals surface area contributed by atoms with Crippen LogP contribution >= 0.6 is 11.8 Å². The van der Waals surface area contributed by atoms with Gasteiger partial charge in [0.05, 0.1) is 16.9 Å². The fourth-order valence-electron chi connectivity index (χ4n) is 5.80. The van der Waals surface area contributed by atoms with Crippen LogP contribution in [0.2, 0.25) is 0 Å². The molecule has 2 fully saturated rings. The summed E-state index contributed by atoms with van der Waals surface area (Å²) in [6, 6.07) is 2.69. The number of allylic oxidation sites excluding steroid dienone is 4. The molecule has 0 bridgehead atoms. The summed E-state index contributed by atoms with van der Waals surface area (Å²) >= 11 is 1.46. The Kier molecular flexibility index (Phi) is 7.58. The number of nitrogens with two attached hydrogens (primary N) is 1. The number of anilines is 2. The Morgan fingerprint density at radius 3 is 2.65 bits per heavy atom. The van der Waals surface area contributed by atoms with Crippen molar-refractivity contribution in [2.24, 2.45) is 11.1 Å². The lowest BCUT2D eigenvalue weighted by Crippen LogP contribution is -2.41. The predicted molar refractivity (Wildman–Crippen MR) is 147 cm³/mol. The van der Waals surface area contributed by atoms with Gasteiger partial charge in [-0.15, -0.1) is 0 Å². The molecule has 5 nitrogen and oxygen atoms in total. The van der Waals surface area contributed by atoms with Gasteiger partial charge in [0.25, 0.3) is 0 Å². The molecular weight excluding hydrogens is 495 g/mol. The Morgan fingerprint density at radius 2 is 1.95 bits per heavy atom. The van der Waals surface area contributed by atoms with Gasteiger partial charge in [-0.2, -0.15) is 13.2 Å². The van der Waals surface area contributed by atoms with E-state index < -0.39 is 11.7 Å². The molecule has 0 atom stereocenters. The maximum atomic E-state index is 13.9. The van der Waals surface area contributed by atoms with Gasteiger partial charge in [-0.25, -0.2) is 0 Å². The van der Waals surface area contributed by atoms with E-state index in [0.29, 0.717) is 23.5 Å². The van der Waals surface area contributed by atoms with Gasteiger partial charge in [0.1, 0.15) is 0 Å². The van der Waals surface area contributed by atoms with Crippen LogP contribution in [0.4, 0.5) is 24.5 Å². The highest BCUT2D eigenvalue weighted by atomic mass is 32.2. The average molecular weight is 534 g/mol. The van der Waals surface area contributed by atoms with Gasteiger partial charge >= 0.3 is 6.18 Å². The number of piperidine rings is 2. The minimum absolute atomic E-state index is 0.129. The fraction of sp³-hybridized carbons (Fsp3) is 0.571. The zero-order chi connectivity index (χ0) is 26.2. The average Bonchev–Trinajstić information content (AvgIpc) is 3.05. The van der Waals surface area contributed by atoms with Crippen LogP contribution in [-0.2, 0) is 6.18 Å². The molecule has 37 heavy (non-hydrogen) atoms. The highest BCUT2D eigenvalue weighted by Crippen LogP contribution is 2.49. The number of likely N-dealkylation sites (tertiary alicyclic amines) is 2. The van der Waals surface area contributed by atoms with Crippen molar-refractivity contribution in [2.75, 3.05) is 49.9 Å². The predicted octanol–water partition coefficient (Wildman–Crippen LogP) is 6.24. The molecule has 1 aliphatic carbocycles. The van der Waals surface area contributed by atoms with Crippen molar-refractivity contribution in [1.82, 2.24) is 9.80 Å². The Hall–Kier alpha value is -2.10. The molecule has 4 N–H and O–H groups in total. The Bertz CT molecular complexity index is 1100. The van der Waals surface area contributed by atoms with E-state index in [1.165, 1.54) is 42.4 Å². The second kappa shape index (κ2) is 10.6. The van der Waals surface area contributed by atoms with Crippen molar-refractivity contribution in [2.45, 2.75) is 63.1 Å². The highest BCUT2D eigenvalue weighted by Gasteiger charge is 2.34. The van der Waals surface area contributed by atoms with Gasteiger partial charge in [0, 0.05) is 72.9 Å². The first-order chi connectivity index (χ1) is 17.6. The molecule has 1 aromatic rings. The lowest BCUT2D eigenvalue weighted by atomic mass is 9.84. The van der Waals surface area contributed by atoms with E-state index in [4.69, 9.17) is 5.73 Å². The summed E-state index contributed by atoms with van der Waals surface area (Å²) in [5, 5.41) is 6.97. The van der Waals surface area contributed by atoms with E-state index >= 15 is 0 Å². The van der Waals surface area contributed by atoms with Gasteiger partial charge < -0.3 is 26.2 Å². The second-order valence-corrected chi connectivity index (χ2v) is 12.5. The van der Waals surface area contributed by atoms with Crippen LogP contribution in [0.15, 0.2) is 51.6 Å². The van der Waals surface area contributed by atoms with Crippen LogP contribution in [0, 0.1) is 5.41 Å². The molecule has 0 radical (unpaired) electrons. The lowest BCUT2D eigenvalue weighted by Gasteiger charge is -2.40.